The van der Waals surface area contributed by atoms with Crippen molar-refractivity contribution in [2.24, 2.45) is 7.05 Å². The molecule has 2 aromatic carbocycles. The summed E-state index contributed by atoms with van der Waals surface area (Å²) in [6.07, 6.45) is 0. The molecular weight excluding hydrogens is 537 g/mol. The summed E-state index contributed by atoms with van der Waals surface area (Å²) in [5.41, 5.74) is 4.22. The zero-order chi connectivity index (χ0) is 30.6. The molecule has 2 heterocycles. The minimum absolute atomic E-state index is 0.00749. The van der Waals surface area contributed by atoms with Crippen molar-refractivity contribution in [2.45, 2.75) is 53.2 Å². The van der Waals surface area contributed by atoms with Gasteiger partial charge in [0.05, 0.1) is 11.4 Å². The summed E-state index contributed by atoms with van der Waals surface area (Å²) in [5.74, 6) is -1.05. The molecule has 0 saturated carbocycles. The Bertz CT molecular complexity index is 1470. The highest BCUT2D eigenvalue weighted by Crippen LogP contribution is 2.19. The lowest BCUT2D eigenvalue weighted by molar-refractivity contribution is 0.0627. The molecule has 4 amide bonds. The third kappa shape index (κ3) is 7.73. The number of amides is 4. The molecule has 1 saturated heterocycles. The van der Waals surface area contributed by atoms with Gasteiger partial charge >= 0.3 is 6.03 Å². The van der Waals surface area contributed by atoms with Crippen molar-refractivity contribution in [3.8, 4) is 0 Å². The van der Waals surface area contributed by atoms with Crippen LogP contribution in [-0.4, -0.2) is 69.1 Å². The number of carbonyl (C=O) groups is 3. The third-order valence-corrected chi connectivity index (χ3v) is 7.29. The molecule has 1 aliphatic heterocycles. The van der Waals surface area contributed by atoms with Crippen LogP contribution in [0.25, 0.3) is 0 Å². The van der Waals surface area contributed by atoms with E-state index in [2.05, 4.69) is 25.9 Å². The smallest absolute Gasteiger partial charge is 0.319 e. The number of piperazine rings is 1. The second-order valence-corrected chi connectivity index (χ2v) is 11.7. The Hall–Kier alpha value is -4.25. The minimum atomic E-state index is -0.682. The summed E-state index contributed by atoms with van der Waals surface area (Å²) < 4.78 is 16.6. The van der Waals surface area contributed by atoms with Gasteiger partial charge in [-0.25, -0.2) is 9.18 Å². The van der Waals surface area contributed by atoms with Crippen molar-refractivity contribution in [1.82, 2.24) is 30.2 Å². The maximum Gasteiger partial charge on any atom is 0.319 e. The predicted octanol–water partition coefficient (Wildman–Crippen LogP) is 3.98. The molecular formula is C31H40FN7O3. The van der Waals surface area contributed by atoms with Gasteiger partial charge in [-0.2, -0.15) is 5.10 Å². The molecule has 224 valence electrons. The Morgan fingerprint density at radius 1 is 0.976 bits per heavy atom. The Morgan fingerprint density at radius 3 is 2.31 bits per heavy atom. The highest BCUT2D eigenvalue weighted by molar-refractivity contribution is 5.96. The molecule has 11 heteroatoms. The molecule has 10 nitrogen and oxygen atoms in total. The van der Waals surface area contributed by atoms with Crippen molar-refractivity contribution < 1.29 is 18.8 Å². The standard InChI is InChI=1S/C31H40FN7O3/c1-20-25(21(2)37(6)36-20)18-33-30(42)34-27-11-10-24(17-26(27)32)29(41)39-14-12-38(13-15-39)19-22-8-7-9-23(16-22)28(40)35-31(3,4)5/h7-11,16-17H,12-15,18-19H2,1-6H3,(H,35,40)(H2,33,34,42). The number of rotatable bonds is 7. The van der Waals surface area contributed by atoms with Crippen LogP contribution in [0, 0.1) is 19.7 Å². The van der Waals surface area contributed by atoms with Gasteiger partial charge in [0.25, 0.3) is 11.8 Å². The molecule has 1 aromatic heterocycles. The molecule has 1 fully saturated rings. The summed E-state index contributed by atoms with van der Waals surface area (Å²) in [6, 6.07) is 11.1. The Morgan fingerprint density at radius 2 is 1.69 bits per heavy atom. The highest BCUT2D eigenvalue weighted by atomic mass is 19.1. The molecule has 3 N–H and O–H groups in total. The minimum Gasteiger partial charge on any atom is -0.347 e. The van der Waals surface area contributed by atoms with Crippen LogP contribution in [0.1, 0.15) is 64.0 Å². The molecule has 0 atom stereocenters. The van der Waals surface area contributed by atoms with Gasteiger partial charge in [-0.05, 0) is 70.5 Å². The van der Waals surface area contributed by atoms with Gasteiger partial charge in [0.1, 0.15) is 5.82 Å². The lowest BCUT2D eigenvalue weighted by Crippen LogP contribution is -2.48. The second-order valence-electron chi connectivity index (χ2n) is 11.7. The largest absolute Gasteiger partial charge is 0.347 e. The SMILES string of the molecule is Cc1nn(C)c(C)c1CNC(=O)Nc1ccc(C(=O)N2CCN(Cc3cccc(C(=O)NC(C)(C)C)c3)CC2)cc1F. The average Bonchev–Trinajstić information content (AvgIpc) is 3.17. The zero-order valence-corrected chi connectivity index (χ0v) is 25.2. The maximum atomic E-state index is 14.9. The molecule has 0 spiro atoms. The van der Waals surface area contributed by atoms with E-state index in [0.29, 0.717) is 38.3 Å². The lowest BCUT2D eigenvalue weighted by Gasteiger charge is -2.35. The van der Waals surface area contributed by atoms with Gasteiger partial charge in [0.2, 0.25) is 0 Å². The van der Waals surface area contributed by atoms with E-state index in [1.54, 1.807) is 15.6 Å². The quantitative estimate of drug-likeness (QED) is 0.393. The normalized spacial score (nSPS) is 14.0. The summed E-state index contributed by atoms with van der Waals surface area (Å²) >= 11 is 0. The van der Waals surface area contributed by atoms with E-state index >= 15 is 0 Å². The number of aryl methyl sites for hydroxylation is 2. The molecule has 42 heavy (non-hydrogen) atoms. The van der Waals surface area contributed by atoms with Crippen molar-refractivity contribution in [1.29, 1.82) is 0 Å². The number of aromatic nitrogens is 2. The Labute approximate surface area is 246 Å². The second kappa shape index (κ2) is 12.7. The molecule has 0 aliphatic carbocycles. The van der Waals surface area contributed by atoms with E-state index in [-0.39, 0.29) is 35.1 Å². The number of nitrogens with one attached hydrogen (secondary N) is 3. The van der Waals surface area contributed by atoms with Crippen LogP contribution in [0.3, 0.4) is 0 Å². The van der Waals surface area contributed by atoms with E-state index in [0.717, 1.165) is 28.6 Å². The van der Waals surface area contributed by atoms with E-state index in [1.807, 2.05) is 59.9 Å². The fraction of sp³-hybridized carbons (Fsp3) is 0.419. The van der Waals surface area contributed by atoms with Gasteiger partial charge in [0, 0.05) is 74.2 Å². The summed E-state index contributed by atoms with van der Waals surface area (Å²) in [6.45, 7) is 12.9. The Balaban J connectivity index is 1.28. The van der Waals surface area contributed by atoms with Crippen molar-refractivity contribution in [3.63, 3.8) is 0 Å². The number of urea groups is 1. The zero-order valence-electron chi connectivity index (χ0n) is 25.2. The number of carbonyl (C=O) groups excluding carboxylic acids is 3. The fourth-order valence-electron chi connectivity index (χ4n) is 4.93. The van der Waals surface area contributed by atoms with Crippen molar-refractivity contribution in [2.75, 3.05) is 31.5 Å². The van der Waals surface area contributed by atoms with Gasteiger partial charge in [-0.1, -0.05) is 12.1 Å². The first-order valence-corrected chi connectivity index (χ1v) is 14.1. The van der Waals surface area contributed by atoms with Crippen molar-refractivity contribution in [3.05, 3.63) is 81.9 Å². The van der Waals surface area contributed by atoms with Crippen LogP contribution < -0.4 is 16.0 Å². The van der Waals surface area contributed by atoms with E-state index in [4.69, 9.17) is 0 Å². The number of halogens is 1. The van der Waals surface area contributed by atoms with Crippen LogP contribution in [0.4, 0.5) is 14.9 Å². The Kier molecular flexibility index (Phi) is 9.30. The molecule has 0 radical (unpaired) electrons. The van der Waals surface area contributed by atoms with Crippen LogP contribution in [0.5, 0.6) is 0 Å². The van der Waals surface area contributed by atoms with Crippen molar-refractivity contribution >= 4 is 23.5 Å². The topological polar surface area (TPSA) is 112 Å². The third-order valence-electron chi connectivity index (χ3n) is 7.29. The van der Waals surface area contributed by atoms with Crippen LogP contribution in [-0.2, 0) is 20.1 Å². The predicted molar refractivity (Wildman–Crippen MR) is 160 cm³/mol. The summed E-state index contributed by atoms with van der Waals surface area (Å²) in [5, 5.41) is 12.6. The van der Waals surface area contributed by atoms with Crippen LogP contribution in [0.15, 0.2) is 42.5 Å². The van der Waals surface area contributed by atoms with Crippen LogP contribution >= 0.6 is 0 Å². The number of hydrogen-bond donors (Lipinski definition) is 3. The van der Waals surface area contributed by atoms with Gasteiger partial charge < -0.3 is 20.9 Å². The molecule has 0 unspecified atom stereocenters. The lowest BCUT2D eigenvalue weighted by atomic mass is 10.1. The van der Waals surface area contributed by atoms with Crippen LogP contribution in [0.2, 0.25) is 0 Å². The number of benzene rings is 2. The number of anilines is 1. The number of nitrogens with zero attached hydrogens (tertiary/aromatic N) is 4. The molecule has 3 aromatic rings. The van der Waals surface area contributed by atoms with E-state index < -0.39 is 11.8 Å². The first kappa shape index (κ1) is 30.7. The molecule has 1 aliphatic rings. The monoisotopic (exact) mass is 577 g/mol. The summed E-state index contributed by atoms with van der Waals surface area (Å²) in [4.78, 5) is 42.0. The average molecular weight is 578 g/mol. The van der Waals surface area contributed by atoms with Gasteiger partial charge in [0.15, 0.2) is 0 Å². The maximum absolute atomic E-state index is 14.9. The first-order valence-electron chi connectivity index (χ1n) is 14.1. The van der Waals surface area contributed by atoms with Gasteiger partial charge in [-0.15, -0.1) is 0 Å². The highest BCUT2D eigenvalue weighted by Gasteiger charge is 2.24. The molecule has 4 rings (SSSR count). The first-order chi connectivity index (χ1) is 19.8. The van der Waals surface area contributed by atoms with Gasteiger partial charge in [-0.3, -0.25) is 19.2 Å². The van der Waals surface area contributed by atoms with E-state index in [9.17, 15) is 18.8 Å². The molecule has 0 bridgehead atoms. The van der Waals surface area contributed by atoms with E-state index in [1.165, 1.54) is 12.1 Å². The number of hydrogen-bond acceptors (Lipinski definition) is 5. The summed E-state index contributed by atoms with van der Waals surface area (Å²) in [7, 11) is 1.83. The fourth-order valence-corrected chi connectivity index (χ4v) is 4.93.